The number of carboxylic acid groups (broad SMARTS) is 1. The molecule has 0 aromatic carbocycles. The minimum absolute atomic E-state index is 0.311. The van der Waals surface area contributed by atoms with Crippen LogP contribution in [0.15, 0.2) is 23.8 Å². The quantitative estimate of drug-likeness (QED) is 0.462. The summed E-state index contributed by atoms with van der Waals surface area (Å²) in [5, 5.41) is 8.11. The monoisotopic (exact) mass is 243 g/mol. The molecular weight excluding hydrogens is 222 g/mol. The van der Waals surface area contributed by atoms with Crippen molar-refractivity contribution < 1.29 is 19.4 Å². The molecular formula is C12H21NO4. The van der Waals surface area contributed by atoms with E-state index < -0.39 is 5.97 Å². The van der Waals surface area contributed by atoms with E-state index in [0.717, 1.165) is 0 Å². The molecule has 0 aliphatic rings. The fourth-order valence-corrected chi connectivity index (χ4v) is 0.434. The molecule has 0 aromatic heterocycles. The summed E-state index contributed by atoms with van der Waals surface area (Å²) in [4.78, 5) is 22.3. The van der Waals surface area contributed by atoms with Crippen molar-refractivity contribution >= 4 is 11.9 Å². The molecule has 5 nitrogen and oxygen atoms in total. The molecule has 0 heterocycles. The third kappa shape index (κ3) is 12.3. The Morgan fingerprint density at radius 1 is 1.35 bits per heavy atom. The molecule has 0 saturated heterocycles. The number of esters is 1. The van der Waals surface area contributed by atoms with E-state index in [9.17, 15) is 9.59 Å². The van der Waals surface area contributed by atoms with Gasteiger partial charge in [0.05, 0.1) is 0 Å². The van der Waals surface area contributed by atoms with Crippen molar-refractivity contribution in [1.29, 1.82) is 0 Å². The third-order valence-electron chi connectivity index (χ3n) is 1.57. The molecule has 0 fully saturated rings. The number of carbonyl (C=O) groups is 2. The second-order valence-corrected chi connectivity index (χ2v) is 3.70. The van der Waals surface area contributed by atoms with Gasteiger partial charge in [-0.2, -0.15) is 0 Å². The smallest absolute Gasteiger partial charge is 0.334 e. The second kappa shape index (κ2) is 9.59. The van der Waals surface area contributed by atoms with Crippen molar-refractivity contribution in [2.45, 2.75) is 20.8 Å². The molecule has 0 aromatic rings. The highest BCUT2D eigenvalue weighted by molar-refractivity contribution is 5.86. The minimum atomic E-state index is -0.845. The molecule has 0 spiro atoms. The maximum Gasteiger partial charge on any atom is 0.334 e. The lowest BCUT2D eigenvalue weighted by molar-refractivity contribution is -0.142. The number of hydrogen-bond acceptors (Lipinski definition) is 4. The normalized spacial score (nSPS) is 10.4. The molecule has 1 N–H and O–H groups in total. The van der Waals surface area contributed by atoms with Crippen LogP contribution in [0.3, 0.4) is 0 Å². The van der Waals surface area contributed by atoms with Gasteiger partial charge in [-0.25, -0.2) is 9.59 Å². The molecule has 0 unspecified atom stereocenters. The SMILES string of the molecule is C=C(C)C(=O)OCN(C)C.CC=C(C)C(=O)O. The van der Waals surface area contributed by atoms with Crippen molar-refractivity contribution in [3.63, 3.8) is 0 Å². The molecule has 0 aliphatic carbocycles. The first-order chi connectivity index (χ1) is 7.72. The van der Waals surface area contributed by atoms with Crippen molar-refractivity contribution in [3.8, 4) is 0 Å². The number of aliphatic carboxylic acids is 1. The fraction of sp³-hybridized carbons (Fsp3) is 0.500. The third-order valence-corrected chi connectivity index (χ3v) is 1.57. The largest absolute Gasteiger partial charge is 0.478 e. The lowest BCUT2D eigenvalue weighted by Crippen LogP contribution is -2.19. The Bertz CT molecular complexity index is 306. The van der Waals surface area contributed by atoms with Gasteiger partial charge in [0.25, 0.3) is 0 Å². The Balaban J connectivity index is 0. The zero-order chi connectivity index (χ0) is 14.0. The Morgan fingerprint density at radius 3 is 2.00 bits per heavy atom. The van der Waals surface area contributed by atoms with E-state index in [1.165, 1.54) is 0 Å². The highest BCUT2D eigenvalue weighted by atomic mass is 16.5. The molecule has 0 amide bonds. The maximum atomic E-state index is 10.7. The molecule has 0 saturated carbocycles. The number of carboxylic acids is 1. The average molecular weight is 243 g/mol. The van der Waals surface area contributed by atoms with Gasteiger partial charge < -0.3 is 9.84 Å². The van der Waals surface area contributed by atoms with Crippen LogP contribution >= 0.6 is 0 Å². The number of nitrogens with zero attached hydrogens (tertiary/aromatic N) is 1. The zero-order valence-electron chi connectivity index (χ0n) is 11.1. The molecule has 0 atom stereocenters. The number of allylic oxidation sites excluding steroid dienone is 1. The zero-order valence-corrected chi connectivity index (χ0v) is 11.1. The van der Waals surface area contributed by atoms with Crippen LogP contribution in [0, 0.1) is 0 Å². The van der Waals surface area contributed by atoms with E-state index in [-0.39, 0.29) is 5.97 Å². The van der Waals surface area contributed by atoms with Crippen LogP contribution in [0.25, 0.3) is 0 Å². The summed E-state index contributed by atoms with van der Waals surface area (Å²) in [7, 11) is 3.65. The fourth-order valence-electron chi connectivity index (χ4n) is 0.434. The number of carbonyl (C=O) groups excluding carboxylic acids is 1. The number of ether oxygens (including phenoxy) is 1. The Kier molecular flexibility index (Phi) is 10.0. The van der Waals surface area contributed by atoms with Gasteiger partial charge in [0, 0.05) is 11.1 Å². The van der Waals surface area contributed by atoms with Gasteiger partial charge in [-0.3, -0.25) is 4.90 Å². The predicted octanol–water partition coefficient (Wildman–Crippen LogP) is 1.66. The maximum absolute atomic E-state index is 10.7. The van der Waals surface area contributed by atoms with Crippen molar-refractivity contribution in [1.82, 2.24) is 4.90 Å². The summed E-state index contributed by atoms with van der Waals surface area (Å²) in [6, 6.07) is 0. The van der Waals surface area contributed by atoms with E-state index in [2.05, 4.69) is 6.58 Å². The molecule has 0 aliphatic heterocycles. The van der Waals surface area contributed by atoms with Crippen molar-refractivity contribution in [3.05, 3.63) is 23.8 Å². The second-order valence-electron chi connectivity index (χ2n) is 3.70. The summed E-state index contributed by atoms with van der Waals surface area (Å²) in [6.07, 6.45) is 1.56. The van der Waals surface area contributed by atoms with Crippen LogP contribution in [0.1, 0.15) is 20.8 Å². The van der Waals surface area contributed by atoms with Crippen molar-refractivity contribution in [2.24, 2.45) is 0 Å². The molecule has 5 heteroatoms. The van der Waals surface area contributed by atoms with Crippen LogP contribution in [0.5, 0.6) is 0 Å². The summed E-state index contributed by atoms with van der Waals surface area (Å²) >= 11 is 0. The summed E-state index contributed by atoms with van der Waals surface area (Å²) in [5.41, 5.74) is 0.821. The number of hydrogen-bond donors (Lipinski definition) is 1. The van der Waals surface area contributed by atoms with Gasteiger partial charge in [0.1, 0.15) is 6.73 Å². The lowest BCUT2D eigenvalue weighted by Gasteiger charge is -2.09. The molecule has 17 heavy (non-hydrogen) atoms. The summed E-state index contributed by atoms with van der Waals surface area (Å²) in [5.74, 6) is -1.18. The van der Waals surface area contributed by atoms with Gasteiger partial charge in [-0.1, -0.05) is 12.7 Å². The van der Waals surface area contributed by atoms with E-state index in [1.807, 2.05) is 14.1 Å². The Labute approximate surface area is 102 Å². The minimum Gasteiger partial charge on any atom is -0.478 e. The van der Waals surface area contributed by atoms with Crippen LogP contribution in [0.4, 0.5) is 0 Å². The van der Waals surface area contributed by atoms with Crippen LogP contribution < -0.4 is 0 Å². The summed E-state index contributed by atoms with van der Waals surface area (Å²) < 4.78 is 4.75. The first kappa shape index (κ1) is 17.8. The van der Waals surface area contributed by atoms with Gasteiger partial charge in [0.15, 0.2) is 0 Å². The van der Waals surface area contributed by atoms with E-state index in [4.69, 9.17) is 9.84 Å². The summed E-state index contributed by atoms with van der Waals surface area (Å²) in [6.45, 7) is 8.63. The van der Waals surface area contributed by atoms with Gasteiger partial charge in [-0.15, -0.1) is 0 Å². The topological polar surface area (TPSA) is 66.8 Å². The van der Waals surface area contributed by atoms with Crippen LogP contribution in [-0.4, -0.2) is 42.8 Å². The van der Waals surface area contributed by atoms with Crippen molar-refractivity contribution in [2.75, 3.05) is 20.8 Å². The van der Waals surface area contributed by atoms with E-state index in [0.29, 0.717) is 17.9 Å². The molecule has 0 rings (SSSR count). The Morgan fingerprint density at radius 2 is 1.82 bits per heavy atom. The predicted molar refractivity (Wildman–Crippen MR) is 66.5 cm³/mol. The highest BCUT2D eigenvalue weighted by Crippen LogP contribution is 1.91. The first-order valence-corrected chi connectivity index (χ1v) is 5.05. The van der Waals surface area contributed by atoms with Gasteiger partial charge >= 0.3 is 11.9 Å². The molecule has 0 radical (unpaired) electrons. The Hall–Kier alpha value is -1.62. The van der Waals surface area contributed by atoms with Gasteiger partial charge in [0.2, 0.25) is 0 Å². The molecule has 0 bridgehead atoms. The van der Waals surface area contributed by atoms with E-state index in [1.54, 1.807) is 31.7 Å². The highest BCUT2D eigenvalue weighted by Gasteiger charge is 2.01. The van der Waals surface area contributed by atoms with Crippen LogP contribution in [-0.2, 0) is 14.3 Å². The number of rotatable bonds is 4. The van der Waals surface area contributed by atoms with Gasteiger partial charge in [-0.05, 0) is 34.9 Å². The van der Waals surface area contributed by atoms with E-state index >= 15 is 0 Å². The average Bonchev–Trinajstić information content (AvgIpc) is 2.24. The lowest BCUT2D eigenvalue weighted by atomic mass is 10.3. The first-order valence-electron chi connectivity index (χ1n) is 5.05. The van der Waals surface area contributed by atoms with Crippen LogP contribution in [0.2, 0.25) is 0 Å². The standard InChI is InChI=1S/C7H13NO2.C5H8O2/c1-6(2)7(9)10-5-8(3)4;1-3-4(2)5(6)7/h1,5H2,2-4H3;3H,1-2H3,(H,6,7). The molecule has 98 valence electrons.